The van der Waals surface area contributed by atoms with Gasteiger partial charge in [-0.05, 0) is 36.2 Å². The number of alkyl carbamates (subject to hydrolysis) is 1. The molecule has 0 aromatic heterocycles. The summed E-state index contributed by atoms with van der Waals surface area (Å²) < 4.78 is 15.4. The summed E-state index contributed by atoms with van der Waals surface area (Å²) in [5.74, 6) is 0.845. The van der Waals surface area contributed by atoms with Crippen molar-refractivity contribution in [2.24, 2.45) is 5.10 Å². The van der Waals surface area contributed by atoms with Gasteiger partial charge in [0, 0.05) is 6.42 Å². The monoisotopic (exact) mass is 383 g/mol. The van der Waals surface area contributed by atoms with Crippen molar-refractivity contribution >= 4 is 18.2 Å². The molecule has 8 nitrogen and oxygen atoms in total. The number of hydrogen-bond donors (Lipinski definition) is 2. The summed E-state index contributed by atoms with van der Waals surface area (Å²) in [7, 11) is 0. The van der Waals surface area contributed by atoms with Crippen LogP contribution in [0.4, 0.5) is 4.79 Å². The lowest BCUT2D eigenvalue weighted by molar-refractivity contribution is -0.123. The van der Waals surface area contributed by atoms with E-state index in [1.807, 2.05) is 30.3 Å². The Hall–Kier alpha value is -3.55. The van der Waals surface area contributed by atoms with Gasteiger partial charge in [-0.25, -0.2) is 10.2 Å². The third-order valence-electron chi connectivity index (χ3n) is 3.95. The van der Waals surface area contributed by atoms with Crippen LogP contribution >= 0.6 is 0 Å². The smallest absolute Gasteiger partial charge is 0.407 e. The molecular formula is C20H21N3O5. The maximum Gasteiger partial charge on any atom is 0.407 e. The van der Waals surface area contributed by atoms with Gasteiger partial charge in [0.15, 0.2) is 11.5 Å². The van der Waals surface area contributed by atoms with Crippen LogP contribution in [0.1, 0.15) is 18.1 Å². The van der Waals surface area contributed by atoms with Gasteiger partial charge in [-0.1, -0.05) is 30.3 Å². The summed E-state index contributed by atoms with van der Waals surface area (Å²) in [4.78, 5) is 24.3. The number of fused-ring (bicyclic) bond motifs is 1. The quantitative estimate of drug-likeness (QED) is 0.564. The van der Waals surface area contributed by atoms with Crippen LogP contribution in [0.25, 0.3) is 0 Å². The second-order valence-corrected chi connectivity index (χ2v) is 5.95. The highest BCUT2D eigenvalue weighted by molar-refractivity contribution is 5.87. The van der Waals surface area contributed by atoms with Crippen LogP contribution in [-0.4, -0.2) is 37.7 Å². The molecule has 28 heavy (non-hydrogen) atoms. The van der Waals surface area contributed by atoms with Gasteiger partial charge in [-0.2, -0.15) is 5.10 Å². The van der Waals surface area contributed by atoms with Gasteiger partial charge >= 0.3 is 6.09 Å². The van der Waals surface area contributed by atoms with E-state index < -0.39 is 18.0 Å². The Labute approximate surface area is 162 Å². The van der Waals surface area contributed by atoms with Crippen molar-refractivity contribution in [2.75, 3.05) is 13.4 Å². The number of nitrogens with zero attached hydrogens (tertiary/aromatic N) is 1. The molecule has 0 bridgehead atoms. The Morgan fingerprint density at radius 2 is 1.96 bits per heavy atom. The van der Waals surface area contributed by atoms with E-state index in [4.69, 9.17) is 14.2 Å². The lowest BCUT2D eigenvalue weighted by Gasteiger charge is -2.16. The molecule has 8 heteroatoms. The van der Waals surface area contributed by atoms with E-state index in [0.717, 1.165) is 11.1 Å². The van der Waals surface area contributed by atoms with Crippen molar-refractivity contribution in [1.82, 2.24) is 10.7 Å². The minimum absolute atomic E-state index is 0.188. The fourth-order valence-corrected chi connectivity index (χ4v) is 2.62. The lowest BCUT2D eigenvalue weighted by Crippen LogP contribution is -2.47. The van der Waals surface area contributed by atoms with Gasteiger partial charge in [0.05, 0.1) is 12.8 Å². The molecule has 0 fully saturated rings. The van der Waals surface area contributed by atoms with Crippen LogP contribution in [0.3, 0.4) is 0 Å². The molecule has 2 N–H and O–H groups in total. The fourth-order valence-electron chi connectivity index (χ4n) is 2.62. The fraction of sp³-hybridized carbons (Fsp3) is 0.250. The lowest BCUT2D eigenvalue weighted by atomic mass is 10.1. The predicted molar refractivity (Wildman–Crippen MR) is 102 cm³/mol. The number of rotatable bonds is 7. The van der Waals surface area contributed by atoms with Crippen LogP contribution < -0.4 is 20.2 Å². The predicted octanol–water partition coefficient (Wildman–Crippen LogP) is 2.22. The van der Waals surface area contributed by atoms with Crippen molar-refractivity contribution in [3.63, 3.8) is 0 Å². The zero-order valence-electron chi connectivity index (χ0n) is 15.4. The average molecular weight is 383 g/mol. The topological polar surface area (TPSA) is 98.2 Å². The maximum atomic E-state index is 12.5. The standard InChI is InChI=1S/C20H21N3O5/c1-2-26-20(25)22-16(10-14-6-4-3-5-7-14)19(24)23-21-12-15-8-9-17-18(11-15)28-13-27-17/h3-9,11-12,16H,2,10,13H2,1H3,(H,22,25)(H,23,24)/b21-12-/t16-/m0/s1. The van der Waals surface area contributed by atoms with Crippen molar-refractivity contribution in [3.05, 3.63) is 59.7 Å². The maximum absolute atomic E-state index is 12.5. The van der Waals surface area contributed by atoms with E-state index in [1.165, 1.54) is 6.21 Å². The first-order valence-electron chi connectivity index (χ1n) is 8.85. The van der Waals surface area contributed by atoms with Crippen molar-refractivity contribution in [3.8, 4) is 11.5 Å². The van der Waals surface area contributed by atoms with Crippen molar-refractivity contribution < 1.29 is 23.8 Å². The highest BCUT2D eigenvalue weighted by atomic mass is 16.7. The SMILES string of the molecule is CCOC(=O)N[C@@H](Cc1ccccc1)C(=O)N/N=C\c1ccc2c(c1)OCO2. The van der Waals surface area contributed by atoms with Gasteiger partial charge in [0.25, 0.3) is 5.91 Å². The summed E-state index contributed by atoms with van der Waals surface area (Å²) in [6, 6.07) is 13.9. The molecule has 1 atom stereocenters. The summed E-state index contributed by atoms with van der Waals surface area (Å²) in [5.41, 5.74) is 4.10. The molecule has 0 radical (unpaired) electrons. The summed E-state index contributed by atoms with van der Waals surface area (Å²) in [6.45, 7) is 2.10. The number of nitrogens with one attached hydrogen (secondary N) is 2. The third-order valence-corrected chi connectivity index (χ3v) is 3.95. The minimum Gasteiger partial charge on any atom is -0.454 e. The number of hydrogen-bond acceptors (Lipinski definition) is 6. The van der Waals surface area contributed by atoms with Gasteiger partial charge in [-0.15, -0.1) is 0 Å². The van der Waals surface area contributed by atoms with Crippen LogP contribution in [0, 0.1) is 0 Å². The first-order chi connectivity index (χ1) is 13.7. The van der Waals surface area contributed by atoms with Gasteiger partial charge in [0.2, 0.25) is 6.79 Å². The molecule has 0 aliphatic carbocycles. The summed E-state index contributed by atoms with van der Waals surface area (Å²) in [6.07, 6.45) is 1.15. The molecule has 0 unspecified atom stereocenters. The molecule has 2 aromatic rings. The highest BCUT2D eigenvalue weighted by Gasteiger charge is 2.21. The van der Waals surface area contributed by atoms with Gasteiger partial charge in [0.1, 0.15) is 6.04 Å². The average Bonchev–Trinajstić information content (AvgIpc) is 3.16. The van der Waals surface area contributed by atoms with E-state index in [0.29, 0.717) is 17.9 Å². The minimum atomic E-state index is -0.824. The van der Waals surface area contributed by atoms with Crippen molar-refractivity contribution in [1.29, 1.82) is 0 Å². The zero-order valence-corrected chi connectivity index (χ0v) is 15.4. The Morgan fingerprint density at radius 3 is 2.75 bits per heavy atom. The highest BCUT2D eigenvalue weighted by Crippen LogP contribution is 2.31. The number of benzene rings is 2. The normalized spacial score (nSPS) is 13.2. The van der Waals surface area contributed by atoms with E-state index in [1.54, 1.807) is 25.1 Å². The van der Waals surface area contributed by atoms with Gasteiger partial charge in [-0.3, -0.25) is 4.79 Å². The largest absolute Gasteiger partial charge is 0.454 e. The molecule has 3 rings (SSSR count). The Kier molecular flexibility index (Phi) is 6.46. The number of amides is 2. The molecule has 1 aliphatic rings. The molecule has 0 saturated heterocycles. The van der Waals surface area contributed by atoms with E-state index in [-0.39, 0.29) is 13.4 Å². The molecule has 0 spiro atoms. The first kappa shape index (κ1) is 19.2. The second-order valence-electron chi connectivity index (χ2n) is 5.95. The van der Waals surface area contributed by atoms with Crippen molar-refractivity contribution in [2.45, 2.75) is 19.4 Å². The number of hydrazone groups is 1. The first-order valence-corrected chi connectivity index (χ1v) is 8.85. The third kappa shape index (κ3) is 5.23. The molecular weight excluding hydrogens is 362 g/mol. The van der Waals surface area contributed by atoms with Crippen LogP contribution in [0.15, 0.2) is 53.6 Å². The Bertz CT molecular complexity index is 854. The van der Waals surface area contributed by atoms with Crippen LogP contribution in [0.2, 0.25) is 0 Å². The Morgan fingerprint density at radius 1 is 1.18 bits per heavy atom. The Balaban J connectivity index is 1.63. The number of carbonyl (C=O) groups is 2. The van der Waals surface area contributed by atoms with Crippen LogP contribution in [-0.2, 0) is 16.0 Å². The van der Waals surface area contributed by atoms with Gasteiger partial charge < -0.3 is 19.5 Å². The molecule has 2 amide bonds. The van der Waals surface area contributed by atoms with E-state index in [2.05, 4.69) is 15.8 Å². The van der Waals surface area contributed by atoms with E-state index in [9.17, 15) is 9.59 Å². The second kappa shape index (κ2) is 9.40. The molecule has 146 valence electrons. The summed E-state index contributed by atoms with van der Waals surface area (Å²) in [5, 5.41) is 6.54. The molecule has 1 aliphatic heterocycles. The number of carbonyl (C=O) groups excluding carboxylic acids is 2. The van der Waals surface area contributed by atoms with E-state index >= 15 is 0 Å². The summed E-state index contributed by atoms with van der Waals surface area (Å²) >= 11 is 0. The molecule has 1 heterocycles. The van der Waals surface area contributed by atoms with Crippen LogP contribution in [0.5, 0.6) is 11.5 Å². The number of ether oxygens (including phenoxy) is 3. The zero-order chi connectivity index (χ0) is 19.8. The molecule has 2 aromatic carbocycles. The molecule has 0 saturated carbocycles.